The molecule has 1 aromatic rings. The highest BCUT2D eigenvalue weighted by molar-refractivity contribution is 5.08. The van der Waals surface area contributed by atoms with Crippen molar-refractivity contribution in [1.82, 2.24) is 4.98 Å². The Morgan fingerprint density at radius 3 is 2.77 bits per heavy atom. The number of rotatable bonds is 3. The van der Waals surface area contributed by atoms with E-state index in [1.54, 1.807) is 7.11 Å². The highest BCUT2D eigenvalue weighted by Crippen LogP contribution is 2.38. The second-order valence-corrected chi connectivity index (χ2v) is 3.60. The van der Waals surface area contributed by atoms with Crippen LogP contribution in [0.3, 0.4) is 0 Å². The summed E-state index contributed by atoms with van der Waals surface area (Å²) in [5.74, 6) is 0.694. The summed E-state index contributed by atoms with van der Waals surface area (Å²) in [7, 11) is 1.78. The molecule has 1 aromatic heterocycles. The number of hydrogen-bond acceptors (Lipinski definition) is 2. The molecule has 0 N–H and O–H groups in total. The van der Waals surface area contributed by atoms with Gasteiger partial charge in [-0.3, -0.25) is 4.98 Å². The van der Waals surface area contributed by atoms with E-state index >= 15 is 0 Å². The van der Waals surface area contributed by atoms with Crippen molar-refractivity contribution in [1.29, 1.82) is 0 Å². The van der Waals surface area contributed by atoms with Crippen molar-refractivity contribution >= 4 is 0 Å². The Hall–Kier alpha value is -0.890. The lowest BCUT2D eigenvalue weighted by atomic mass is 9.80. The monoisotopic (exact) mass is 177 g/mol. The molecule has 0 aliphatic heterocycles. The maximum Gasteiger partial charge on any atom is 0.102 e. The number of nitrogens with zero attached hydrogens (tertiary/aromatic N) is 1. The molecule has 13 heavy (non-hydrogen) atoms. The first-order valence-corrected chi connectivity index (χ1v) is 4.85. The number of pyridine rings is 1. The summed E-state index contributed by atoms with van der Waals surface area (Å²) in [6.07, 6.45) is 5.97. The molecular weight excluding hydrogens is 162 g/mol. The standard InChI is InChI=1S/C11H15NO/c1-13-11(9-5-4-6-9)10-7-2-3-8-12-10/h2-3,7-9,11H,4-6H2,1H3. The van der Waals surface area contributed by atoms with Crippen LogP contribution < -0.4 is 0 Å². The molecule has 1 heterocycles. The summed E-state index contributed by atoms with van der Waals surface area (Å²) in [6, 6.07) is 6.01. The summed E-state index contributed by atoms with van der Waals surface area (Å²) in [5, 5.41) is 0. The zero-order valence-electron chi connectivity index (χ0n) is 7.94. The fourth-order valence-corrected chi connectivity index (χ4v) is 1.84. The molecule has 1 saturated carbocycles. The first-order valence-electron chi connectivity index (χ1n) is 4.85. The molecule has 1 unspecified atom stereocenters. The molecule has 1 aliphatic carbocycles. The van der Waals surface area contributed by atoms with E-state index in [1.807, 2.05) is 24.4 Å². The third-order valence-corrected chi connectivity index (χ3v) is 2.81. The molecule has 0 amide bonds. The van der Waals surface area contributed by atoms with E-state index in [4.69, 9.17) is 4.74 Å². The summed E-state index contributed by atoms with van der Waals surface area (Å²) in [5.41, 5.74) is 1.08. The van der Waals surface area contributed by atoms with Crippen LogP contribution >= 0.6 is 0 Å². The van der Waals surface area contributed by atoms with Gasteiger partial charge in [-0.1, -0.05) is 12.5 Å². The Bertz CT molecular complexity index is 256. The molecular formula is C11H15NO. The third-order valence-electron chi connectivity index (χ3n) is 2.81. The van der Waals surface area contributed by atoms with Gasteiger partial charge in [0.1, 0.15) is 6.10 Å². The van der Waals surface area contributed by atoms with Crippen LogP contribution in [0.1, 0.15) is 31.1 Å². The number of hydrogen-bond donors (Lipinski definition) is 0. The fraction of sp³-hybridized carbons (Fsp3) is 0.545. The van der Waals surface area contributed by atoms with Gasteiger partial charge in [0.25, 0.3) is 0 Å². The van der Waals surface area contributed by atoms with Crippen molar-refractivity contribution in [3.8, 4) is 0 Å². The van der Waals surface area contributed by atoms with Crippen LogP contribution in [0, 0.1) is 5.92 Å². The van der Waals surface area contributed by atoms with E-state index in [0.29, 0.717) is 5.92 Å². The van der Waals surface area contributed by atoms with Crippen molar-refractivity contribution < 1.29 is 4.74 Å². The zero-order chi connectivity index (χ0) is 9.10. The van der Waals surface area contributed by atoms with Crippen molar-refractivity contribution in [2.24, 2.45) is 5.92 Å². The largest absolute Gasteiger partial charge is 0.375 e. The molecule has 2 rings (SSSR count). The van der Waals surface area contributed by atoms with Gasteiger partial charge < -0.3 is 4.74 Å². The van der Waals surface area contributed by atoms with Crippen LogP contribution in [-0.4, -0.2) is 12.1 Å². The van der Waals surface area contributed by atoms with Crippen molar-refractivity contribution in [3.63, 3.8) is 0 Å². The molecule has 2 nitrogen and oxygen atoms in total. The molecule has 1 atom stereocenters. The van der Waals surface area contributed by atoms with Gasteiger partial charge in [0.2, 0.25) is 0 Å². The fourth-order valence-electron chi connectivity index (χ4n) is 1.84. The Balaban J connectivity index is 2.12. The van der Waals surface area contributed by atoms with E-state index in [0.717, 1.165) is 5.69 Å². The van der Waals surface area contributed by atoms with Gasteiger partial charge in [-0.2, -0.15) is 0 Å². The Morgan fingerprint density at radius 1 is 1.46 bits per heavy atom. The van der Waals surface area contributed by atoms with Crippen molar-refractivity contribution in [2.75, 3.05) is 7.11 Å². The molecule has 0 spiro atoms. The first-order chi connectivity index (χ1) is 6.42. The lowest BCUT2D eigenvalue weighted by molar-refractivity contribution is 0.0149. The Morgan fingerprint density at radius 2 is 2.31 bits per heavy atom. The minimum Gasteiger partial charge on any atom is -0.375 e. The molecule has 1 aliphatic rings. The third kappa shape index (κ3) is 1.73. The van der Waals surface area contributed by atoms with E-state index in [2.05, 4.69) is 4.98 Å². The Kier molecular flexibility index (Phi) is 2.60. The van der Waals surface area contributed by atoms with Crippen LogP contribution in [0.2, 0.25) is 0 Å². The second kappa shape index (κ2) is 3.88. The summed E-state index contributed by atoms with van der Waals surface area (Å²) in [6.45, 7) is 0. The predicted octanol–water partition coefficient (Wildman–Crippen LogP) is 2.57. The molecule has 0 saturated heterocycles. The van der Waals surface area contributed by atoms with Gasteiger partial charge in [-0.25, -0.2) is 0 Å². The van der Waals surface area contributed by atoms with Crippen LogP contribution in [0.15, 0.2) is 24.4 Å². The molecule has 0 aromatic carbocycles. The summed E-state index contributed by atoms with van der Waals surface area (Å²) in [4.78, 5) is 4.33. The number of methoxy groups -OCH3 is 1. The van der Waals surface area contributed by atoms with E-state index in [-0.39, 0.29) is 6.10 Å². The number of ether oxygens (including phenoxy) is 1. The van der Waals surface area contributed by atoms with Crippen LogP contribution in [0.5, 0.6) is 0 Å². The average molecular weight is 177 g/mol. The predicted molar refractivity (Wildman–Crippen MR) is 51.3 cm³/mol. The minimum atomic E-state index is 0.218. The van der Waals surface area contributed by atoms with Gasteiger partial charge in [-0.05, 0) is 30.9 Å². The first kappa shape index (κ1) is 8.70. The van der Waals surface area contributed by atoms with Crippen LogP contribution in [0.25, 0.3) is 0 Å². The van der Waals surface area contributed by atoms with Gasteiger partial charge in [0, 0.05) is 13.3 Å². The topological polar surface area (TPSA) is 22.1 Å². The molecule has 2 heteroatoms. The van der Waals surface area contributed by atoms with Crippen LogP contribution in [-0.2, 0) is 4.74 Å². The highest BCUT2D eigenvalue weighted by Gasteiger charge is 2.28. The maximum absolute atomic E-state index is 5.48. The van der Waals surface area contributed by atoms with Crippen molar-refractivity contribution in [3.05, 3.63) is 30.1 Å². The zero-order valence-corrected chi connectivity index (χ0v) is 7.94. The normalized spacial score (nSPS) is 19.5. The SMILES string of the molecule is COC(c1ccccn1)C1CCC1. The van der Waals surface area contributed by atoms with Gasteiger partial charge in [0.15, 0.2) is 0 Å². The van der Waals surface area contributed by atoms with Gasteiger partial charge in [0.05, 0.1) is 5.69 Å². The quantitative estimate of drug-likeness (QED) is 0.708. The molecule has 1 fully saturated rings. The number of aromatic nitrogens is 1. The van der Waals surface area contributed by atoms with E-state index < -0.39 is 0 Å². The van der Waals surface area contributed by atoms with Crippen molar-refractivity contribution in [2.45, 2.75) is 25.4 Å². The molecule has 70 valence electrons. The minimum absolute atomic E-state index is 0.218. The van der Waals surface area contributed by atoms with E-state index in [9.17, 15) is 0 Å². The smallest absolute Gasteiger partial charge is 0.102 e. The lowest BCUT2D eigenvalue weighted by Gasteiger charge is -2.32. The Labute approximate surface area is 78.9 Å². The summed E-state index contributed by atoms with van der Waals surface area (Å²) >= 11 is 0. The van der Waals surface area contributed by atoms with Gasteiger partial charge >= 0.3 is 0 Å². The van der Waals surface area contributed by atoms with E-state index in [1.165, 1.54) is 19.3 Å². The molecule has 0 radical (unpaired) electrons. The van der Waals surface area contributed by atoms with Gasteiger partial charge in [-0.15, -0.1) is 0 Å². The molecule has 0 bridgehead atoms. The highest BCUT2D eigenvalue weighted by atomic mass is 16.5. The maximum atomic E-state index is 5.48. The average Bonchev–Trinajstić information content (AvgIpc) is 2.12. The second-order valence-electron chi connectivity index (χ2n) is 3.60. The van der Waals surface area contributed by atoms with Crippen LogP contribution in [0.4, 0.5) is 0 Å². The summed E-state index contributed by atoms with van der Waals surface area (Å²) < 4.78 is 5.48. The lowest BCUT2D eigenvalue weighted by Crippen LogP contribution is -2.22.